The van der Waals surface area contributed by atoms with Gasteiger partial charge in [-0.05, 0) is 0 Å². The molecule has 13 heavy (non-hydrogen) atoms. The summed E-state index contributed by atoms with van der Waals surface area (Å²) in [6.45, 7) is 0. The average molecular weight is 180 g/mol. The van der Waals surface area contributed by atoms with E-state index in [1.54, 1.807) is 0 Å². The quantitative estimate of drug-likeness (QED) is 0.697. The number of hydrogen-bond acceptors (Lipinski definition) is 2. The summed E-state index contributed by atoms with van der Waals surface area (Å²) in [4.78, 5) is 16.8. The molecule has 5 heteroatoms. The fourth-order valence-corrected chi connectivity index (χ4v) is 1.17. The number of carbonyl (C=O) groups is 1. The minimum absolute atomic E-state index is 0.0265. The van der Waals surface area contributed by atoms with Gasteiger partial charge in [0.25, 0.3) is 0 Å². The number of H-pyrrole nitrogens is 1. The largest absolute Gasteiger partial charge is 0.478 e. The summed E-state index contributed by atoms with van der Waals surface area (Å²) < 4.78 is 12.9. The second kappa shape index (κ2) is 2.55. The van der Waals surface area contributed by atoms with Gasteiger partial charge in [0, 0.05) is 18.6 Å². The highest BCUT2D eigenvalue weighted by atomic mass is 19.1. The fourth-order valence-electron chi connectivity index (χ4n) is 1.17. The number of fused-ring (bicyclic) bond motifs is 1. The van der Waals surface area contributed by atoms with Gasteiger partial charge in [-0.25, -0.2) is 9.18 Å². The highest BCUT2D eigenvalue weighted by molar-refractivity contribution is 6.01. The molecule has 0 spiro atoms. The van der Waals surface area contributed by atoms with Crippen molar-refractivity contribution >= 4 is 16.9 Å². The summed E-state index contributed by atoms with van der Waals surface area (Å²) in [5.41, 5.74) is 0.237. The number of aromatic carboxylic acids is 1. The number of aromatic nitrogens is 2. The Kier molecular flexibility index (Phi) is 1.51. The first-order chi connectivity index (χ1) is 6.20. The maximum Gasteiger partial charge on any atom is 0.339 e. The van der Waals surface area contributed by atoms with Crippen LogP contribution in [0.3, 0.4) is 0 Å². The molecule has 0 aliphatic heterocycles. The van der Waals surface area contributed by atoms with Gasteiger partial charge in [0.2, 0.25) is 0 Å². The van der Waals surface area contributed by atoms with Crippen LogP contribution in [0, 0.1) is 5.82 Å². The summed E-state index contributed by atoms with van der Waals surface area (Å²) in [6, 6.07) is 0. The first-order valence-electron chi connectivity index (χ1n) is 3.54. The standard InChI is InChI=1S/C8H5FN2O2/c9-6-3-11-7-4(6)1-10-2-5(7)8(12)13/h1-3,11H,(H,12,13). The van der Waals surface area contributed by atoms with Crippen molar-refractivity contribution in [1.29, 1.82) is 0 Å². The molecule has 2 N–H and O–H groups in total. The summed E-state index contributed by atoms with van der Waals surface area (Å²) in [5.74, 6) is -1.62. The first kappa shape index (κ1) is 7.72. The van der Waals surface area contributed by atoms with E-state index in [1.165, 1.54) is 12.4 Å². The van der Waals surface area contributed by atoms with Crippen LogP contribution in [0.15, 0.2) is 18.6 Å². The number of carboxylic acids is 1. The van der Waals surface area contributed by atoms with Crippen molar-refractivity contribution in [2.45, 2.75) is 0 Å². The van der Waals surface area contributed by atoms with Crippen LogP contribution in [-0.4, -0.2) is 21.0 Å². The molecule has 2 rings (SSSR count). The third kappa shape index (κ3) is 1.05. The summed E-state index contributed by atoms with van der Waals surface area (Å²) in [6.07, 6.45) is 3.58. The number of carboxylic acid groups (broad SMARTS) is 1. The van der Waals surface area contributed by atoms with Crippen molar-refractivity contribution < 1.29 is 14.3 Å². The molecular formula is C8H5FN2O2. The smallest absolute Gasteiger partial charge is 0.339 e. The van der Waals surface area contributed by atoms with Gasteiger partial charge in [-0.15, -0.1) is 0 Å². The van der Waals surface area contributed by atoms with Crippen LogP contribution < -0.4 is 0 Å². The Balaban J connectivity index is 2.84. The summed E-state index contributed by atoms with van der Waals surface area (Å²) in [7, 11) is 0. The van der Waals surface area contributed by atoms with Gasteiger partial charge in [-0.3, -0.25) is 4.98 Å². The number of rotatable bonds is 1. The lowest BCUT2D eigenvalue weighted by Gasteiger charge is -1.94. The Labute approximate surface area is 72.0 Å². The topological polar surface area (TPSA) is 66.0 Å². The molecule has 0 bridgehead atoms. The van der Waals surface area contributed by atoms with Crippen LogP contribution in [0.25, 0.3) is 10.9 Å². The van der Waals surface area contributed by atoms with Crippen LogP contribution in [0.2, 0.25) is 0 Å². The first-order valence-corrected chi connectivity index (χ1v) is 3.54. The van der Waals surface area contributed by atoms with Gasteiger partial charge in [0.05, 0.1) is 10.9 Å². The number of aromatic amines is 1. The number of nitrogens with one attached hydrogen (secondary N) is 1. The van der Waals surface area contributed by atoms with Crippen molar-refractivity contribution in [2.75, 3.05) is 0 Å². The van der Waals surface area contributed by atoms with E-state index in [9.17, 15) is 9.18 Å². The van der Waals surface area contributed by atoms with E-state index in [4.69, 9.17) is 5.11 Å². The zero-order valence-electron chi connectivity index (χ0n) is 6.41. The molecule has 0 unspecified atom stereocenters. The predicted molar refractivity (Wildman–Crippen MR) is 43.0 cm³/mol. The molecular weight excluding hydrogens is 175 g/mol. The molecule has 2 aromatic rings. The van der Waals surface area contributed by atoms with Crippen LogP contribution in [0.1, 0.15) is 10.4 Å². The third-order valence-electron chi connectivity index (χ3n) is 1.78. The minimum atomic E-state index is -1.13. The molecule has 2 aromatic heterocycles. The minimum Gasteiger partial charge on any atom is -0.478 e. The van der Waals surface area contributed by atoms with Gasteiger partial charge < -0.3 is 10.1 Å². The molecule has 4 nitrogen and oxygen atoms in total. The Bertz CT molecular complexity index is 478. The van der Waals surface area contributed by atoms with Gasteiger partial charge in [0.15, 0.2) is 0 Å². The molecule has 0 aliphatic rings. The third-order valence-corrected chi connectivity index (χ3v) is 1.78. The zero-order chi connectivity index (χ0) is 9.42. The monoisotopic (exact) mass is 180 g/mol. The Morgan fingerprint density at radius 1 is 1.54 bits per heavy atom. The molecule has 0 saturated heterocycles. The Morgan fingerprint density at radius 2 is 2.31 bits per heavy atom. The maximum absolute atomic E-state index is 12.9. The molecule has 0 amide bonds. The molecule has 0 aliphatic carbocycles. The second-order valence-electron chi connectivity index (χ2n) is 2.55. The van der Waals surface area contributed by atoms with Gasteiger partial charge in [0.1, 0.15) is 11.4 Å². The molecule has 0 aromatic carbocycles. The van der Waals surface area contributed by atoms with Gasteiger partial charge >= 0.3 is 5.97 Å². The second-order valence-corrected chi connectivity index (χ2v) is 2.55. The van der Waals surface area contributed by atoms with E-state index in [0.29, 0.717) is 0 Å². The molecule has 0 fully saturated rings. The number of nitrogens with zero attached hydrogens (tertiary/aromatic N) is 1. The summed E-state index contributed by atoms with van der Waals surface area (Å²) in [5, 5.41) is 8.90. The fraction of sp³-hybridized carbons (Fsp3) is 0. The SMILES string of the molecule is O=C(O)c1cncc2c(F)c[nH]c12. The predicted octanol–water partition coefficient (Wildman–Crippen LogP) is 1.40. The highest BCUT2D eigenvalue weighted by Gasteiger charge is 2.12. The molecule has 0 radical (unpaired) electrons. The average Bonchev–Trinajstić information content (AvgIpc) is 2.48. The molecule has 0 saturated carbocycles. The summed E-state index contributed by atoms with van der Waals surface area (Å²) >= 11 is 0. The van der Waals surface area contributed by atoms with E-state index in [0.717, 1.165) is 6.20 Å². The number of pyridine rings is 1. The number of halogens is 1. The van der Waals surface area contributed by atoms with Gasteiger partial charge in [-0.1, -0.05) is 0 Å². The van der Waals surface area contributed by atoms with E-state index in [-0.39, 0.29) is 16.5 Å². The molecule has 2 heterocycles. The lowest BCUT2D eigenvalue weighted by atomic mass is 10.2. The van der Waals surface area contributed by atoms with Crippen molar-refractivity contribution in [3.8, 4) is 0 Å². The molecule has 66 valence electrons. The van der Waals surface area contributed by atoms with E-state index in [1.807, 2.05) is 0 Å². The molecule has 0 atom stereocenters. The Morgan fingerprint density at radius 3 is 3.00 bits per heavy atom. The maximum atomic E-state index is 12.9. The zero-order valence-corrected chi connectivity index (χ0v) is 6.41. The lowest BCUT2D eigenvalue weighted by molar-refractivity contribution is 0.0698. The van der Waals surface area contributed by atoms with E-state index >= 15 is 0 Å². The van der Waals surface area contributed by atoms with Crippen molar-refractivity contribution in [2.24, 2.45) is 0 Å². The van der Waals surface area contributed by atoms with E-state index < -0.39 is 11.8 Å². The van der Waals surface area contributed by atoms with Crippen LogP contribution in [-0.2, 0) is 0 Å². The van der Waals surface area contributed by atoms with Crippen molar-refractivity contribution in [1.82, 2.24) is 9.97 Å². The van der Waals surface area contributed by atoms with Gasteiger partial charge in [-0.2, -0.15) is 0 Å². The van der Waals surface area contributed by atoms with Crippen LogP contribution >= 0.6 is 0 Å². The van der Waals surface area contributed by atoms with Crippen molar-refractivity contribution in [3.63, 3.8) is 0 Å². The van der Waals surface area contributed by atoms with Crippen LogP contribution in [0.4, 0.5) is 4.39 Å². The van der Waals surface area contributed by atoms with E-state index in [2.05, 4.69) is 9.97 Å². The van der Waals surface area contributed by atoms with Crippen molar-refractivity contribution in [3.05, 3.63) is 30.0 Å². The normalized spacial score (nSPS) is 10.5. The highest BCUT2D eigenvalue weighted by Crippen LogP contribution is 2.18. The lowest BCUT2D eigenvalue weighted by Crippen LogP contribution is -1.98. The Hall–Kier alpha value is -1.91. The van der Waals surface area contributed by atoms with Crippen LogP contribution in [0.5, 0.6) is 0 Å². The number of hydrogen-bond donors (Lipinski definition) is 2.